The minimum absolute atomic E-state index is 0.125. The lowest BCUT2D eigenvalue weighted by atomic mass is 10.1. The minimum atomic E-state index is -1.58. The van der Waals surface area contributed by atoms with E-state index in [0.29, 0.717) is 6.42 Å². The topological polar surface area (TPSA) is 49.7 Å². The molecule has 0 aliphatic rings. The maximum absolute atomic E-state index is 9.18. The molecule has 0 rings (SSSR count). The number of unbranched alkanes of at least 4 members (excludes halogenated alkanes) is 2. The Morgan fingerprint density at radius 1 is 1.12 bits per heavy atom. The predicted molar refractivity (Wildman–Crippen MR) is 74.7 cm³/mol. The van der Waals surface area contributed by atoms with Crippen LogP contribution in [-0.4, -0.2) is 37.8 Å². The fourth-order valence-corrected chi connectivity index (χ4v) is 2.38. The van der Waals surface area contributed by atoms with Crippen molar-refractivity contribution in [3.05, 3.63) is 0 Å². The molecule has 0 bridgehead atoms. The third kappa shape index (κ3) is 7.19. The Kier molecular flexibility index (Phi) is 7.56. The van der Waals surface area contributed by atoms with Gasteiger partial charge in [-0.1, -0.05) is 33.6 Å². The van der Waals surface area contributed by atoms with Gasteiger partial charge in [0, 0.05) is 6.61 Å². The lowest BCUT2D eigenvalue weighted by molar-refractivity contribution is 0.0857. The van der Waals surface area contributed by atoms with Gasteiger partial charge < -0.3 is 14.6 Å². The average molecular weight is 262 g/mol. The van der Waals surface area contributed by atoms with Gasteiger partial charge in [0.25, 0.3) is 0 Å². The quantitative estimate of drug-likeness (QED) is 0.522. The summed E-state index contributed by atoms with van der Waals surface area (Å²) in [5, 5.41) is 18.1. The second kappa shape index (κ2) is 7.51. The van der Waals surface area contributed by atoms with Gasteiger partial charge in [0.05, 0.1) is 12.7 Å². The summed E-state index contributed by atoms with van der Waals surface area (Å²) in [5.41, 5.74) is 0. The van der Waals surface area contributed by atoms with E-state index >= 15 is 0 Å². The average Bonchev–Trinajstić information content (AvgIpc) is 2.21. The first-order chi connectivity index (χ1) is 7.70. The first-order valence-corrected chi connectivity index (χ1v) is 9.54. The smallest absolute Gasteiger partial charge is 0.191 e. The van der Waals surface area contributed by atoms with Crippen molar-refractivity contribution >= 4 is 8.32 Å². The van der Waals surface area contributed by atoms with E-state index in [4.69, 9.17) is 9.53 Å². The van der Waals surface area contributed by atoms with E-state index in [-0.39, 0.29) is 11.6 Å². The normalized spacial score (nSPS) is 15.0. The van der Waals surface area contributed by atoms with Crippen molar-refractivity contribution in [2.45, 2.75) is 70.7 Å². The van der Waals surface area contributed by atoms with Gasteiger partial charge in [-0.25, -0.2) is 0 Å². The zero-order valence-electron chi connectivity index (χ0n) is 12.1. The van der Waals surface area contributed by atoms with E-state index in [9.17, 15) is 5.11 Å². The zero-order valence-corrected chi connectivity index (χ0v) is 13.1. The standard InChI is InChI=1S/C13H30O3Si/c1-13(2,3)17(4,5)16-10-8-6-7-9-12(15)11-14/h12,14-15H,6-11H2,1-5H3/t12-/m0/s1. The first kappa shape index (κ1) is 17.1. The first-order valence-electron chi connectivity index (χ1n) is 6.63. The van der Waals surface area contributed by atoms with Gasteiger partial charge in [0.15, 0.2) is 8.32 Å². The van der Waals surface area contributed by atoms with Crippen LogP contribution in [0.5, 0.6) is 0 Å². The molecule has 3 nitrogen and oxygen atoms in total. The highest BCUT2D eigenvalue weighted by Gasteiger charge is 2.36. The molecule has 0 saturated heterocycles. The Morgan fingerprint density at radius 3 is 2.18 bits per heavy atom. The minimum Gasteiger partial charge on any atom is -0.417 e. The molecule has 0 aromatic rings. The molecule has 0 amide bonds. The van der Waals surface area contributed by atoms with Crippen LogP contribution in [0.25, 0.3) is 0 Å². The van der Waals surface area contributed by atoms with Gasteiger partial charge >= 0.3 is 0 Å². The second-order valence-electron chi connectivity index (χ2n) is 6.29. The van der Waals surface area contributed by atoms with Crippen LogP contribution in [0.1, 0.15) is 46.5 Å². The van der Waals surface area contributed by atoms with Gasteiger partial charge in [-0.15, -0.1) is 0 Å². The molecular formula is C13H30O3Si. The third-order valence-corrected chi connectivity index (χ3v) is 8.20. The maximum Gasteiger partial charge on any atom is 0.191 e. The van der Waals surface area contributed by atoms with Crippen LogP contribution < -0.4 is 0 Å². The Hall–Kier alpha value is 0.0969. The zero-order chi connectivity index (χ0) is 13.5. The highest BCUT2D eigenvalue weighted by Crippen LogP contribution is 2.36. The summed E-state index contributed by atoms with van der Waals surface area (Å²) in [6.45, 7) is 12.0. The molecule has 0 fully saturated rings. The predicted octanol–water partition coefficient (Wildman–Crippen LogP) is 2.92. The SMILES string of the molecule is CC(C)(C)[Si](C)(C)OCCCCC[C@H](O)CO. The van der Waals surface area contributed by atoms with Crippen LogP contribution in [0.2, 0.25) is 18.1 Å². The van der Waals surface area contributed by atoms with Crippen molar-refractivity contribution in [2.75, 3.05) is 13.2 Å². The fourth-order valence-electron chi connectivity index (χ4n) is 1.29. The third-order valence-electron chi connectivity index (χ3n) is 3.66. The van der Waals surface area contributed by atoms with Gasteiger partial charge in [-0.05, 0) is 31.0 Å². The number of rotatable bonds is 8. The summed E-state index contributed by atoms with van der Waals surface area (Å²) in [6.07, 6.45) is 3.21. The Morgan fingerprint density at radius 2 is 1.71 bits per heavy atom. The van der Waals surface area contributed by atoms with Crippen molar-refractivity contribution in [3.63, 3.8) is 0 Å². The van der Waals surface area contributed by atoms with Crippen LogP contribution in [0.4, 0.5) is 0 Å². The molecular weight excluding hydrogens is 232 g/mol. The van der Waals surface area contributed by atoms with Gasteiger partial charge in [-0.3, -0.25) is 0 Å². The summed E-state index contributed by atoms with van der Waals surface area (Å²) in [7, 11) is -1.58. The highest BCUT2D eigenvalue weighted by molar-refractivity contribution is 6.74. The van der Waals surface area contributed by atoms with Crippen molar-refractivity contribution in [3.8, 4) is 0 Å². The summed E-state index contributed by atoms with van der Waals surface area (Å²) in [6, 6.07) is 0. The van der Waals surface area contributed by atoms with E-state index in [1.807, 2.05) is 0 Å². The molecule has 0 unspecified atom stereocenters. The van der Waals surface area contributed by atoms with E-state index < -0.39 is 14.4 Å². The van der Waals surface area contributed by atoms with Gasteiger partial charge in [-0.2, -0.15) is 0 Å². The molecule has 1 atom stereocenters. The molecule has 104 valence electrons. The van der Waals surface area contributed by atoms with E-state index in [2.05, 4.69) is 33.9 Å². The van der Waals surface area contributed by atoms with Crippen molar-refractivity contribution in [1.82, 2.24) is 0 Å². The molecule has 0 saturated carbocycles. The van der Waals surface area contributed by atoms with Crippen molar-refractivity contribution in [2.24, 2.45) is 0 Å². The summed E-state index contributed by atoms with van der Waals surface area (Å²) in [4.78, 5) is 0. The molecule has 0 aromatic carbocycles. The van der Waals surface area contributed by atoms with E-state index in [1.165, 1.54) is 0 Å². The molecule has 2 N–H and O–H groups in total. The summed E-state index contributed by atoms with van der Waals surface area (Å²) >= 11 is 0. The molecule has 4 heteroatoms. The van der Waals surface area contributed by atoms with Gasteiger partial charge in [0.2, 0.25) is 0 Å². The molecule has 0 heterocycles. The molecule has 0 spiro atoms. The molecule has 0 radical (unpaired) electrons. The maximum atomic E-state index is 9.18. The van der Waals surface area contributed by atoms with Crippen molar-refractivity contribution in [1.29, 1.82) is 0 Å². The Balaban J connectivity index is 3.59. The van der Waals surface area contributed by atoms with Crippen LogP contribution in [0.3, 0.4) is 0 Å². The van der Waals surface area contributed by atoms with Gasteiger partial charge in [0.1, 0.15) is 0 Å². The Labute approximate surface area is 107 Å². The summed E-state index contributed by atoms with van der Waals surface area (Å²) in [5.74, 6) is 0. The summed E-state index contributed by atoms with van der Waals surface area (Å²) < 4.78 is 6.05. The van der Waals surface area contributed by atoms with Crippen LogP contribution in [0, 0.1) is 0 Å². The van der Waals surface area contributed by atoms with Crippen LogP contribution >= 0.6 is 0 Å². The van der Waals surface area contributed by atoms with Crippen LogP contribution in [-0.2, 0) is 4.43 Å². The lowest BCUT2D eigenvalue weighted by Crippen LogP contribution is -2.40. The number of hydrogen-bond acceptors (Lipinski definition) is 3. The lowest BCUT2D eigenvalue weighted by Gasteiger charge is -2.36. The fraction of sp³-hybridized carbons (Fsp3) is 1.00. The highest BCUT2D eigenvalue weighted by atomic mass is 28.4. The molecule has 0 aromatic heterocycles. The molecule has 0 aliphatic heterocycles. The largest absolute Gasteiger partial charge is 0.417 e. The number of aliphatic hydroxyl groups is 2. The van der Waals surface area contributed by atoms with E-state index in [0.717, 1.165) is 25.9 Å². The molecule has 17 heavy (non-hydrogen) atoms. The van der Waals surface area contributed by atoms with Crippen molar-refractivity contribution < 1.29 is 14.6 Å². The second-order valence-corrected chi connectivity index (χ2v) is 11.1. The Bertz CT molecular complexity index is 199. The van der Waals surface area contributed by atoms with Crippen LogP contribution in [0.15, 0.2) is 0 Å². The molecule has 0 aliphatic carbocycles. The number of hydrogen-bond donors (Lipinski definition) is 2. The number of aliphatic hydroxyl groups excluding tert-OH is 2. The monoisotopic (exact) mass is 262 g/mol. The van der Waals surface area contributed by atoms with E-state index in [1.54, 1.807) is 0 Å².